The molecule has 0 aliphatic rings. The Balaban J connectivity index is 2.38. The van der Waals surface area contributed by atoms with Crippen LogP contribution < -0.4 is 10.5 Å². The van der Waals surface area contributed by atoms with E-state index in [2.05, 4.69) is 26.0 Å². The maximum atomic E-state index is 5.58. The summed E-state index contributed by atoms with van der Waals surface area (Å²) < 4.78 is 5.58. The molecule has 0 aromatic heterocycles. The van der Waals surface area contributed by atoms with Crippen LogP contribution in [0.5, 0.6) is 5.75 Å². The molecule has 2 nitrogen and oxygen atoms in total. The zero-order valence-electron chi connectivity index (χ0n) is 9.25. The summed E-state index contributed by atoms with van der Waals surface area (Å²) in [6, 6.07) is 6.11. The van der Waals surface area contributed by atoms with E-state index >= 15 is 0 Å². The Bertz CT molecular complexity index is 349. The predicted octanol–water partition coefficient (Wildman–Crippen LogP) is 2.75. The molecule has 2 N–H and O–H groups in total. The van der Waals surface area contributed by atoms with Crippen LogP contribution in [0.25, 0.3) is 0 Å². The van der Waals surface area contributed by atoms with E-state index in [0.29, 0.717) is 11.6 Å². The molecule has 1 aromatic carbocycles. The second kappa shape index (κ2) is 5.71. The van der Waals surface area contributed by atoms with Crippen LogP contribution >= 0.6 is 12.2 Å². The van der Waals surface area contributed by atoms with E-state index in [1.165, 1.54) is 11.1 Å². The Kier molecular flexibility index (Phi) is 4.56. The zero-order valence-corrected chi connectivity index (χ0v) is 10.1. The van der Waals surface area contributed by atoms with Gasteiger partial charge in [0, 0.05) is 6.42 Å². The van der Waals surface area contributed by atoms with Gasteiger partial charge in [0.2, 0.25) is 0 Å². The van der Waals surface area contributed by atoms with Crippen LogP contribution in [-0.4, -0.2) is 11.6 Å². The molecule has 0 radical (unpaired) electrons. The maximum absolute atomic E-state index is 5.58. The summed E-state index contributed by atoms with van der Waals surface area (Å²) in [6.07, 6.45) is 1.63. The van der Waals surface area contributed by atoms with Gasteiger partial charge in [-0.25, -0.2) is 0 Å². The zero-order chi connectivity index (χ0) is 11.3. The molecule has 0 unspecified atom stereocenters. The first-order chi connectivity index (χ1) is 7.09. The van der Waals surface area contributed by atoms with Crippen molar-refractivity contribution in [3.8, 4) is 5.75 Å². The van der Waals surface area contributed by atoms with Crippen LogP contribution in [0.3, 0.4) is 0 Å². The van der Waals surface area contributed by atoms with Crippen molar-refractivity contribution in [3.63, 3.8) is 0 Å². The summed E-state index contributed by atoms with van der Waals surface area (Å²) in [5, 5.41) is 0. The first-order valence-corrected chi connectivity index (χ1v) is 5.49. The Hall–Kier alpha value is -1.09. The van der Waals surface area contributed by atoms with E-state index in [1.54, 1.807) is 0 Å². The summed E-state index contributed by atoms with van der Waals surface area (Å²) in [6.45, 7) is 4.84. The SMILES string of the molecule is Cc1ccc(OCCCC(N)=S)cc1C. The molecule has 3 heteroatoms. The van der Waals surface area contributed by atoms with Crippen LogP contribution in [0.15, 0.2) is 18.2 Å². The largest absolute Gasteiger partial charge is 0.494 e. The molecule has 1 aromatic rings. The van der Waals surface area contributed by atoms with Gasteiger partial charge in [0.05, 0.1) is 11.6 Å². The third-order valence-corrected chi connectivity index (χ3v) is 2.52. The van der Waals surface area contributed by atoms with Gasteiger partial charge in [-0.05, 0) is 43.5 Å². The summed E-state index contributed by atoms with van der Waals surface area (Å²) in [4.78, 5) is 0.554. The van der Waals surface area contributed by atoms with Crippen LogP contribution in [-0.2, 0) is 0 Å². The molecule has 0 heterocycles. The first kappa shape index (κ1) is 12.0. The third kappa shape index (κ3) is 4.30. The van der Waals surface area contributed by atoms with Crippen molar-refractivity contribution in [1.82, 2.24) is 0 Å². The molecule has 0 aliphatic carbocycles. The van der Waals surface area contributed by atoms with Crippen molar-refractivity contribution in [3.05, 3.63) is 29.3 Å². The van der Waals surface area contributed by atoms with E-state index in [-0.39, 0.29) is 0 Å². The number of benzene rings is 1. The number of nitrogens with two attached hydrogens (primary N) is 1. The average Bonchev–Trinajstić information content (AvgIpc) is 2.18. The smallest absolute Gasteiger partial charge is 0.119 e. The van der Waals surface area contributed by atoms with Crippen molar-refractivity contribution in [2.75, 3.05) is 6.61 Å². The second-order valence-electron chi connectivity index (χ2n) is 3.66. The van der Waals surface area contributed by atoms with Crippen molar-refractivity contribution in [1.29, 1.82) is 0 Å². The van der Waals surface area contributed by atoms with Gasteiger partial charge in [0.1, 0.15) is 5.75 Å². The van der Waals surface area contributed by atoms with Crippen molar-refractivity contribution >= 4 is 17.2 Å². The third-order valence-electron chi connectivity index (χ3n) is 2.31. The van der Waals surface area contributed by atoms with Crippen LogP contribution in [0.2, 0.25) is 0 Å². The van der Waals surface area contributed by atoms with E-state index in [9.17, 15) is 0 Å². The number of rotatable bonds is 5. The maximum Gasteiger partial charge on any atom is 0.119 e. The minimum absolute atomic E-state index is 0.554. The Morgan fingerprint density at radius 1 is 1.33 bits per heavy atom. The molecular formula is C12H17NOS. The van der Waals surface area contributed by atoms with Crippen LogP contribution in [0, 0.1) is 13.8 Å². The lowest BCUT2D eigenvalue weighted by molar-refractivity contribution is 0.313. The van der Waals surface area contributed by atoms with Gasteiger partial charge in [-0.2, -0.15) is 0 Å². The fourth-order valence-electron chi connectivity index (χ4n) is 1.24. The van der Waals surface area contributed by atoms with Gasteiger partial charge in [0.15, 0.2) is 0 Å². The normalized spacial score (nSPS) is 10.0. The van der Waals surface area contributed by atoms with Crippen molar-refractivity contribution in [2.45, 2.75) is 26.7 Å². The van der Waals surface area contributed by atoms with E-state index in [4.69, 9.17) is 22.7 Å². The fraction of sp³-hybridized carbons (Fsp3) is 0.417. The van der Waals surface area contributed by atoms with Crippen molar-refractivity contribution in [2.24, 2.45) is 5.73 Å². The summed E-state index contributed by atoms with van der Waals surface area (Å²) in [5.74, 6) is 0.918. The highest BCUT2D eigenvalue weighted by atomic mass is 32.1. The molecule has 0 saturated carbocycles. The summed E-state index contributed by atoms with van der Waals surface area (Å²) in [5.41, 5.74) is 7.93. The van der Waals surface area contributed by atoms with Gasteiger partial charge >= 0.3 is 0 Å². The number of aryl methyl sites for hydroxylation is 2. The molecule has 0 saturated heterocycles. The number of hydrogen-bond acceptors (Lipinski definition) is 2. The monoisotopic (exact) mass is 223 g/mol. The highest BCUT2D eigenvalue weighted by molar-refractivity contribution is 7.80. The Labute approximate surface area is 96.4 Å². The van der Waals surface area contributed by atoms with E-state index in [0.717, 1.165) is 18.6 Å². The van der Waals surface area contributed by atoms with Gasteiger partial charge in [0.25, 0.3) is 0 Å². The minimum atomic E-state index is 0.554. The predicted molar refractivity (Wildman–Crippen MR) is 67.4 cm³/mol. The number of ether oxygens (including phenoxy) is 1. The van der Waals surface area contributed by atoms with Gasteiger partial charge in [-0.3, -0.25) is 0 Å². The van der Waals surface area contributed by atoms with Gasteiger partial charge < -0.3 is 10.5 Å². The quantitative estimate of drug-likeness (QED) is 0.616. The minimum Gasteiger partial charge on any atom is -0.494 e. The molecule has 0 fully saturated rings. The number of hydrogen-bond donors (Lipinski definition) is 1. The highest BCUT2D eigenvalue weighted by Gasteiger charge is 1.97. The van der Waals surface area contributed by atoms with Crippen LogP contribution in [0.4, 0.5) is 0 Å². The Morgan fingerprint density at radius 3 is 2.67 bits per heavy atom. The highest BCUT2D eigenvalue weighted by Crippen LogP contribution is 2.16. The van der Waals surface area contributed by atoms with Gasteiger partial charge in [-0.1, -0.05) is 18.3 Å². The van der Waals surface area contributed by atoms with Gasteiger partial charge in [-0.15, -0.1) is 0 Å². The summed E-state index contributed by atoms with van der Waals surface area (Å²) >= 11 is 4.79. The van der Waals surface area contributed by atoms with Crippen LogP contribution in [0.1, 0.15) is 24.0 Å². The Morgan fingerprint density at radius 2 is 2.07 bits per heavy atom. The van der Waals surface area contributed by atoms with E-state index in [1.807, 2.05) is 6.07 Å². The lowest BCUT2D eigenvalue weighted by atomic mass is 10.1. The molecule has 82 valence electrons. The lowest BCUT2D eigenvalue weighted by Crippen LogP contribution is -2.09. The molecule has 0 amide bonds. The fourth-order valence-corrected chi connectivity index (χ4v) is 1.38. The molecule has 0 aliphatic heterocycles. The lowest BCUT2D eigenvalue weighted by Gasteiger charge is -2.07. The summed E-state index contributed by atoms with van der Waals surface area (Å²) in [7, 11) is 0. The molecule has 0 spiro atoms. The van der Waals surface area contributed by atoms with Crippen molar-refractivity contribution < 1.29 is 4.74 Å². The molecule has 0 bridgehead atoms. The second-order valence-corrected chi connectivity index (χ2v) is 4.19. The standard InChI is InChI=1S/C12H17NOS/c1-9-5-6-11(8-10(9)2)14-7-3-4-12(13)15/h5-6,8H,3-4,7H2,1-2H3,(H2,13,15). The average molecular weight is 223 g/mol. The topological polar surface area (TPSA) is 35.2 Å². The van der Waals surface area contributed by atoms with E-state index < -0.39 is 0 Å². The molecule has 0 atom stereocenters. The molecule has 15 heavy (non-hydrogen) atoms. The number of thiocarbonyl (C=S) groups is 1. The molecular weight excluding hydrogens is 206 g/mol. The first-order valence-electron chi connectivity index (χ1n) is 5.08. The molecule has 1 rings (SSSR count).